The fraction of sp³-hybridized carbons (Fsp3) is 0.382. The number of aromatic nitrogens is 4. The van der Waals surface area contributed by atoms with Crippen molar-refractivity contribution in [1.29, 1.82) is 0 Å². The number of para-hydroxylation sites is 1. The molecule has 12 nitrogen and oxygen atoms in total. The van der Waals surface area contributed by atoms with Gasteiger partial charge in [-0.2, -0.15) is 4.80 Å². The van der Waals surface area contributed by atoms with Gasteiger partial charge in [0.1, 0.15) is 11.5 Å². The van der Waals surface area contributed by atoms with Crippen molar-refractivity contribution in [3.8, 4) is 23.0 Å². The van der Waals surface area contributed by atoms with Gasteiger partial charge in [-0.3, -0.25) is 9.59 Å². The summed E-state index contributed by atoms with van der Waals surface area (Å²) in [5.74, 6) is 1.37. The molecule has 2 heterocycles. The van der Waals surface area contributed by atoms with Crippen LogP contribution in [0.25, 0.3) is 0 Å². The van der Waals surface area contributed by atoms with E-state index in [1.54, 1.807) is 52.4 Å². The van der Waals surface area contributed by atoms with Crippen molar-refractivity contribution < 1.29 is 33.3 Å². The van der Waals surface area contributed by atoms with Gasteiger partial charge in [0.15, 0.2) is 17.3 Å². The van der Waals surface area contributed by atoms with Crippen molar-refractivity contribution in [2.45, 2.75) is 45.2 Å². The Hall–Kier alpha value is -4.84. The second-order valence-corrected chi connectivity index (χ2v) is 11.4. The van der Waals surface area contributed by atoms with Gasteiger partial charge in [0, 0.05) is 40.2 Å². The molecule has 2 unspecified atom stereocenters. The Balaban J connectivity index is 1.59. The average Bonchev–Trinajstić information content (AvgIpc) is 3.51. The molecule has 1 aliphatic heterocycles. The number of fused-ring (bicyclic) bond motifs is 1. The Labute approximate surface area is 278 Å². The molecule has 47 heavy (non-hydrogen) atoms. The van der Waals surface area contributed by atoms with Crippen LogP contribution in [0.2, 0.25) is 5.02 Å². The number of rotatable bonds is 13. The summed E-state index contributed by atoms with van der Waals surface area (Å²) in [6, 6.07) is 16.8. The summed E-state index contributed by atoms with van der Waals surface area (Å²) in [4.78, 5) is 29.8. The van der Waals surface area contributed by atoms with Gasteiger partial charge in [0.2, 0.25) is 5.91 Å². The van der Waals surface area contributed by atoms with E-state index in [0.29, 0.717) is 52.6 Å². The van der Waals surface area contributed by atoms with Crippen LogP contribution in [0.4, 0.5) is 5.69 Å². The first-order valence-corrected chi connectivity index (χ1v) is 15.6. The van der Waals surface area contributed by atoms with E-state index in [9.17, 15) is 9.59 Å². The van der Waals surface area contributed by atoms with Gasteiger partial charge in [-0.25, -0.2) is 0 Å². The molecule has 0 bridgehead atoms. The minimum atomic E-state index is -0.599. The van der Waals surface area contributed by atoms with Crippen LogP contribution in [-0.2, 0) is 33.8 Å². The van der Waals surface area contributed by atoms with Crippen LogP contribution in [0.5, 0.6) is 23.0 Å². The van der Waals surface area contributed by atoms with Crippen LogP contribution in [0.15, 0.2) is 54.6 Å². The van der Waals surface area contributed by atoms with Crippen LogP contribution in [0, 0.1) is 5.92 Å². The zero-order valence-corrected chi connectivity index (χ0v) is 27.8. The minimum absolute atomic E-state index is 0.132. The first kappa shape index (κ1) is 33.5. The predicted octanol–water partition coefficient (Wildman–Crippen LogP) is 5.24. The highest BCUT2D eigenvalue weighted by molar-refractivity contribution is 6.30. The number of ether oxygens (including phenoxy) is 5. The first-order chi connectivity index (χ1) is 22.8. The van der Waals surface area contributed by atoms with Crippen LogP contribution in [0.3, 0.4) is 0 Å². The van der Waals surface area contributed by atoms with E-state index in [4.69, 9.17) is 35.3 Å². The number of amides is 1. The number of benzene rings is 3. The maximum Gasteiger partial charge on any atom is 0.306 e. The average molecular weight is 664 g/mol. The second kappa shape index (κ2) is 15.2. The monoisotopic (exact) mass is 663 g/mol. The van der Waals surface area contributed by atoms with Gasteiger partial charge >= 0.3 is 5.97 Å². The first-order valence-electron chi connectivity index (χ1n) is 15.2. The van der Waals surface area contributed by atoms with E-state index < -0.39 is 5.92 Å². The van der Waals surface area contributed by atoms with Crippen molar-refractivity contribution in [2.75, 3.05) is 39.9 Å². The number of esters is 1. The number of nitrogens with zero attached hydrogens (tertiary/aromatic N) is 5. The van der Waals surface area contributed by atoms with Gasteiger partial charge in [-0.15, -0.1) is 10.2 Å². The van der Waals surface area contributed by atoms with Crippen LogP contribution >= 0.6 is 11.6 Å². The SMILES string of the molecule is CCOC(=O)CCc1nnn(CC2CC(c3cccc(OC)c3OC)c3cc(Cl)ccc3N(Cc3ccc(OC)cc3OC)C2=O)n1. The largest absolute Gasteiger partial charge is 0.497 e. The molecule has 0 fully saturated rings. The smallest absolute Gasteiger partial charge is 0.306 e. The number of tetrazole rings is 1. The van der Waals surface area contributed by atoms with Crippen LogP contribution in [-0.4, -0.2) is 67.1 Å². The normalized spacial score (nSPS) is 15.9. The molecular formula is C34H38ClN5O7. The molecule has 0 radical (unpaired) electrons. The zero-order chi connectivity index (χ0) is 33.5. The molecule has 1 amide bonds. The third kappa shape index (κ3) is 7.43. The number of halogens is 1. The Bertz CT molecular complexity index is 1730. The van der Waals surface area contributed by atoms with E-state index in [1.807, 2.05) is 42.5 Å². The molecule has 1 aromatic heterocycles. The molecule has 5 rings (SSSR count). The van der Waals surface area contributed by atoms with Crippen LogP contribution < -0.4 is 23.8 Å². The molecule has 2 atom stereocenters. The van der Waals surface area contributed by atoms with E-state index in [1.165, 1.54) is 4.80 Å². The number of aryl methyl sites for hydroxylation is 1. The number of hydrogen-bond donors (Lipinski definition) is 0. The van der Waals surface area contributed by atoms with Crippen molar-refractivity contribution in [2.24, 2.45) is 5.92 Å². The summed E-state index contributed by atoms with van der Waals surface area (Å²) >= 11 is 6.62. The van der Waals surface area contributed by atoms with Gasteiger partial charge in [-0.1, -0.05) is 23.7 Å². The minimum Gasteiger partial charge on any atom is -0.497 e. The summed E-state index contributed by atoms with van der Waals surface area (Å²) < 4.78 is 27.6. The quantitative estimate of drug-likeness (QED) is 0.175. The van der Waals surface area contributed by atoms with Gasteiger partial charge < -0.3 is 28.6 Å². The maximum atomic E-state index is 14.7. The molecule has 0 spiro atoms. The third-order valence-electron chi connectivity index (χ3n) is 8.16. The Morgan fingerprint density at radius 2 is 1.77 bits per heavy atom. The van der Waals surface area contributed by atoms with Crippen LogP contribution in [0.1, 0.15) is 48.2 Å². The number of carbonyl (C=O) groups excluding carboxylic acids is 2. The Kier molecular flexibility index (Phi) is 10.8. The highest BCUT2D eigenvalue weighted by Gasteiger charge is 2.38. The molecule has 248 valence electrons. The molecule has 0 aliphatic carbocycles. The lowest BCUT2D eigenvalue weighted by Crippen LogP contribution is -2.37. The summed E-state index contributed by atoms with van der Waals surface area (Å²) in [5, 5.41) is 13.4. The van der Waals surface area contributed by atoms with Crippen molar-refractivity contribution in [3.63, 3.8) is 0 Å². The van der Waals surface area contributed by atoms with E-state index in [2.05, 4.69) is 15.4 Å². The number of methoxy groups -OCH3 is 4. The van der Waals surface area contributed by atoms with E-state index in [0.717, 1.165) is 16.7 Å². The van der Waals surface area contributed by atoms with Crippen molar-refractivity contribution in [3.05, 3.63) is 82.1 Å². The van der Waals surface area contributed by atoms with E-state index >= 15 is 0 Å². The molecule has 0 N–H and O–H groups in total. The van der Waals surface area contributed by atoms with Crippen molar-refractivity contribution >= 4 is 29.2 Å². The Morgan fingerprint density at radius 3 is 2.49 bits per heavy atom. The highest BCUT2D eigenvalue weighted by Crippen LogP contribution is 2.47. The molecule has 0 saturated carbocycles. The molecule has 4 aromatic rings. The molecule has 1 aliphatic rings. The zero-order valence-electron chi connectivity index (χ0n) is 27.1. The highest BCUT2D eigenvalue weighted by atomic mass is 35.5. The summed E-state index contributed by atoms with van der Waals surface area (Å²) in [7, 11) is 6.36. The summed E-state index contributed by atoms with van der Waals surface area (Å²) in [5.41, 5.74) is 3.20. The van der Waals surface area contributed by atoms with Gasteiger partial charge in [-0.05, 0) is 60.5 Å². The second-order valence-electron chi connectivity index (χ2n) is 10.9. The standard InChI is InChI=1S/C34H38ClN5O7/c1-6-47-32(41)15-14-31-36-38-40(37-31)20-22-16-26(25-8-7-9-29(44-3)33(25)46-5)27-17-23(35)11-13-28(27)39(34(22)42)19-21-10-12-24(43-2)18-30(21)45-4/h7-13,17-18,22,26H,6,14-16,19-20H2,1-5H3. The topological polar surface area (TPSA) is 127 Å². The Morgan fingerprint density at radius 1 is 0.957 bits per heavy atom. The van der Waals surface area contributed by atoms with Gasteiger partial charge in [0.05, 0.1) is 60.5 Å². The lowest BCUT2D eigenvalue weighted by atomic mass is 9.83. The molecular weight excluding hydrogens is 626 g/mol. The lowest BCUT2D eigenvalue weighted by molar-refractivity contribution is -0.143. The molecule has 3 aromatic carbocycles. The third-order valence-corrected chi connectivity index (χ3v) is 8.39. The summed E-state index contributed by atoms with van der Waals surface area (Å²) in [6.07, 6.45) is 0.785. The van der Waals surface area contributed by atoms with E-state index in [-0.39, 0.29) is 43.7 Å². The molecule has 0 saturated heterocycles. The van der Waals surface area contributed by atoms with Crippen molar-refractivity contribution in [1.82, 2.24) is 20.2 Å². The van der Waals surface area contributed by atoms with Gasteiger partial charge in [0.25, 0.3) is 0 Å². The fourth-order valence-corrected chi connectivity index (χ4v) is 6.13. The summed E-state index contributed by atoms with van der Waals surface area (Å²) in [6.45, 7) is 2.42. The fourth-order valence-electron chi connectivity index (χ4n) is 5.95. The number of carbonyl (C=O) groups is 2. The lowest BCUT2D eigenvalue weighted by Gasteiger charge is -2.27. The maximum absolute atomic E-state index is 14.7. The number of anilines is 1. The number of hydrogen-bond acceptors (Lipinski definition) is 10. The molecule has 13 heteroatoms. The predicted molar refractivity (Wildman–Crippen MR) is 174 cm³/mol.